The van der Waals surface area contributed by atoms with Gasteiger partial charge < -0.3 is 14.4 Å². The van der Waals surface area contributed by atoms with Gasteiger partial charge in [0.2, 0.25) is 0 Å². The Morgan fingerprint density at radius 3 is 2.32 bits per heavy atom. The van der Waals surface area contributed by atoms with Crippen LogP contribution >= 0.6 is 0 Å². The van der Waals surface area contributed by atoms with Crippen molar-refractivity contribution in [3.8, 4) is 5.75 Å². The molecule has 110 valence electrons. The van der Waals surface area contributed by atoms with E-state index in [1.807, 2.05) is 24.3 Å². The molecule has 1 aromatic heterocycles. The van der Waals surface area contributed by atoms with Crippen molar-refractivity contribution in [3.63, 3.8) is 0 Å². The standard InChI is InChI=1S/C18H15NO3/c20-16-10-8-15(9-11-16)19(13-17-7-4-12-22-17)18(21)14-5-2-1-3-6-14/h1-12,20H,13H2. The number of hydrogen-bond donors (Lipinski definition) is 1. The Balaban J connectivity index is 1.95. The van der Waals surface area contributed by atoms with Crippen molar-refractivity contribution in [2.75, 3.05) is 4.90 Å². The molecule has 0 unspecified atom stereocenters. The number of phenols is 1. The lowest BCUT2D eigenvalue weighted by Crippen LogP contribution is -2.30. The molecule has 1 amide bonds. The lowest BCUT2D eigenvalue weighted by Gasteiger charge is -2.22. The zero-order valence-corrected chi connectivity index (χ0v) is 11.8. The van der Waals surface area contributed by atoms with Crippen LogP contribution in [0.1, 0.15) is 16.1 Å². The molecule has 1 N–H and O–H groups in total. The fourth-order valence-electron chi connectivity index (χ4n) is 2.21. The third kappa shape index (κ3) is 3.01. The van der Waals surface area contributed by atoms with E-state index >= 15 is 0 Å². The van der Waals surface area contributed by atoms with Crippen LogP contribution in [0.2, 0.25) is 0 Å². The second-order valence-electron chi connectivity index (χ2n) is 4.85. The number of nitrogens with zero attached hydrogens (tertiary/aromatic N) is 1. The Kier molecular flexibility index (Phi) is 3.92. The largest absolute Gasteiger partial charge is 0.508 e. The maximum atomic E-state index is 12.8. The Morgan fingerprint density at radius 2 is 1.68 bits per heavy atom. The minimum atomic E-state index is -0.123. The summed E-state index contributed by atoms with van der Waals surface area (Å²) in [6.07, 6.45) is 1.58. The van der Waals surface area contributed by atoms with Crippen LogP contribution in [-0.2, 0) is 6.54 Å². The number of carbonyl (C=O) groups excluding carboxylic acids is 1. The van der Waals surface area contributed by atoms with Crippen molar-refractivity contribution in [3.05, 3.63) is 84.3 Å². The second kappa shape index (κ2) is 6.18. The van der Waals surface area contributed by atoms with Gasteiger partial charge in [0, 0.05) is 11.3 Å². The summed E-state index contributed by atoms with van der Waals surface area (Å²) in [5.74, 6) is 0.730. The number of rotatable bonds is 4. The van der Waals surface area contributed by atoms with Crippen molar-refractivity contribution >= 4 is 11.6 Å². The molecule has 22 heavy (non-hydrogen) atoms. The highest BCUT2D eigenvalue weighted by Gasteiger charge is 2.19. The highest BCUT2D eigenvalue weighted by atomic mass is 16.3. The van der Waals surface area contributed by atoms with Gasteiger partial charge in [0.15, 0.2) is 0 Å². The number of amides is 1. The zero-order valence-electron chi connectivity index (χ0n) is 11.8. The molecule has 3 rings (SSSR count). The first-order chi connectivity index (χ1) is 10.7. The first-order valence-electron chi connectivity index (χ1n) is 6.92. The second-order valence-corrected chi connectivity index (χ2v) is 4.85. The molecule has 2 aromatic carbocycles. The van der Waals surface area contributed by atoms with Crippen LogP contribution in [0.15, 0.2) is 77.4 Å². The van der Waals surface area contributed by atoms with E-state index in [9.17, 15) is 9.90 Å². The summed E-state index contributed by atoms with van der Waals surface area (Å²) in [5.41, 5.74) is 1.30. The van der Waals surface area contributed by atoms with Gasteiger partial charge in [-0.15, -0.1) is 0 Å². The van der Waals surface area contributed by atoms with E-state index in [2.05, 4.69) is 0 Å². The summed E-state index contributed by atoms with van der Waals surface area (Å²) in [4.78, 5) is 14.4. The normalized spacial score (nSPS) is 10.4. The maximum absolute atomic E-state index is 12.8. The van der Waals surface area contributed by atoms with E-state index in [-0.39, 0.29) is 11.7 Å². The smallest absolute Gasteiger partial charge is 0.258 e. The fourth-order valence-corrected chi connectivity index (χ4v) is 2.21. The van der Waals surface area contributed by atoms with Crippen molar-refractivity contribution in [1.82, 2.24) is 0 Å². The third-order valence-corrected chi connectivity index (χ3v) is 3.32. The molecule has 0 spiro atoms. The molecule has 0 radical (unpaired) electrons. The minimum absolute atomic E-state index is 0.123. The SMILES string of the molecule is O=C(c1ccccc1)N(Cc1ccco1)c1ccc(O)cc1. The first kappa shape index (κ1) is 13.9. The molecule has 0 aliphatic carbocycles. The topological polar surface area (TPSA) is 53.7 Å². The molecule has 1 heterocycles. The first-order valence-corrected chi connectivity index (χ1v) is 6.92. The minimum Gasteiger partial charge on any atom is -0.508 e. The summed E-state index contributed by atoms with van der Waals surface area (Å²) in [7, 11) is 0. The van der Waals surface area contributed by atoms with Crippen LogP contribution in [0.3, 0.4) is 0 Å². The maximum Gasteiger partial charge on any atom is 0.258 e. The van der Waals surface area contributed by atoms with E-state index < -0.39 is 0 Å². The number of phenolic OH excluding ortho intramolecular Hbond substituents is 1. The highest BCUT2D eigenvalue weighted by Crippen LogP contribution is 2.23. The van der Waals surface area contributed by atoms with Crippen LogP contribution in [0.5, 0.6) is 5.75 Å². The summed E-state index contributed by atoms with van der Waals surface area (Å²) in [6.45, 7) is 0.325. The average molecular weight is 293 g/mol. The van der Waals surface area contributed by atoms with Crippen LogP contribution in [0.25, 0.3) is 0 Å². The number of furan rings is 1. The molecule has 0 aliphatic rings. The monoisotopic (exact) mass is 293 g/mol. The van der Waals surface area contributed by atoms with Gasteiger partial charge >= 0.3 is 0 Å². The van der Waals surface area contributed by atoms with Gasteiger partial charge in [-0.05, 0) is 48.5 Å². The summed E-state index contributed by atoms with van der Waals surface area (Å²) in [5, 5.41) is 9.43. The summed E-state index contributed by atoms with van der Waals surface area (Å²) >= 11 is 0. The zero-order chi connectivity index (χ0) is 15.4. The number of carbonyl (C=O) groups is 1. The van der Waals surface area contributed by atoms with E-state index in [1.165, 1.54) is 0 Å². The van der Waals surface area contributed by atoms with Gasteiger partial charge in [-0.2, -0.15) is 0 Å². The molecule has 0 saturated heterocycles. The third-order valence-electron chi connectivity index (χ3n) is 3.32. The molecule has 0 saturated carbocycles. The van der Waals surface area contributed by atoms with Crippen LogP contribution in [0.4, 0.5) is 5.69 Å². The van der Waals surface area contributed by atoms with Crippen molar-refractivity contribution in [1.29, 1.82) is 0 Å². The van der Waals surface area contributed by atoms with Crippen molar-refractivity contribution in [2.45, 2.75) is 6.54 Å². The van der Waals surface area contributed by atoms with Crippen molar-refractivity contribution in [2.24, 2.45) is 0 Å². The Hall–Kier alpha value is -3.01. The van der Waals surface area contributed by atoms with E-state index in [4.69, 9.17) is 4.42 Å². The van der Waals surface area contributed by atoms with Crippen LogP contribution in [-0.4, -0.2) is 11.0 Å². The van der Waals surface area contributed by atoms with Gasteiger partial charge in [-0.3, -0.25) is 4.79 Å². The molecule has 0 aliphatic heterocycles. The van der Waals surface area contributed by atoms with Gasteiger partial charge in [0.05, 0.1) is 12.8 Å². The van der Waals surface area contributed by atoms with Gasteiger partial charge in [-0.25, -0.2) is 0 Å². The Bertz CT molecular complexity index is 734. The van der Waals surface area contributed by atoms with E-state index in [1.54, 1.807) is 53.6 Å². The quantitative estimate of drug-likeness (QED) is 0.795. The van der Waals surface area contributed by atoms with Gasteiger partial charge in [-0.1, -0.05) is 18.2 Å². The molecule has 4 heteroatoms. The predicted octanol–water partition coefficient (Wildman–Crippen LogP) is 3.83. The highest BCUT2D eigenvalue weighted by molar-refractivity contribution is 6.05. The molecule has 0 fully saturated rings. The number of anilines is 1. The Morgan fingerprint density at radius 1 is 0.955 bits per heavy atom. The molecule has 3 aromatic rings. The molecular weight excluding hydrogens is 278 g/mol. The molecular formula is C18H15NO3. The summed E-state index contributed by atoms with van der Waals surface area (Å²) in [6, 6.07) is 19.2. The van der Waals surface area contributed by atoms with Crippen molar-refractivity contribution < 1.29 is 14.3 Å². The van der Waals surface area contributed by atoms with E-state index in [0.717, 1.165) is 0 Å². The Labute approximate surface area is 128 Å². The number of hydrogen-bond acceptors (Lipinski definition) is 3. The number of benzene rings is 2. The van der Waals surface area contributed by atoms with Gasteiger partial charge in [0.25, 0.3) is 5.91 Å². The predicted molar refractivity (Wildman–Crippen MR) is 83.8 cm³/mol. The summed E-state index contributed by atoms with van der Waals surface area (Å²) < 4.78 is 5.35. The lowest BCUT2D eigenvalue weighted by atomic mass is 10.1. The molecule has 0 bridgehead atoms. The fraction of sp³-hybridized carbons (Fsp3) is 0.0556. The molecule has 4 nitrogen and oxygen atoms in total. The van der Waals surface area contributed by atoms with E-state index in [0.29, 0.717) is 23.6 Å². The van der Waals surface area contributed by atoms with Crippen LogP contribution in [0, 0.1) is 0 Å². The van der Waals surface area contributed by atoms with Crippen LogP contribution < -0.4 is 4.90 Å². The lowest BCUT2D eigenvalue weighted by molar-refractivity contribution is 0.0983. The molecule has 0 atom stereocenters. The van der Waals surface area contributed by atoms with Gasteiger partial charge in [0.1, 0.15) is 11.5 Å². The number of aromatic hydroxyl groups is 1. The average Bonchev–Trinajstić information content (AvgIpc) is 3.07.